The Morgan fingerprint density at radius 1 is 1.14 bits per heavy atom. The minimum absolute atomic E-state index is 0.162. The summed E-state index contributed by atoms with van der Waals surface area (Å²) in [5.41, 5.74) is 2.92. The Morgan fingerprint density at radius 3 is 2.75 bits per heavy atom. The first kappa shape index (κ1) is 17.7. The van der Waals surface area contributed by atoms with Crippen LogP contribution in [-0.4, -0.2) is 20.8 Å². The van der Waals surface area contributed by atoms with Gasteiger partial charge in [0.25, 0.3) is 5.91 Å². The number of nitrogens with zero attached hydrogens (tertiary/aromatic N) is 3. The fourth-order valence-corrected chi connectivity index (χ4v) is 2.76. The third kappa shape index (κ3) is 3.98. The Bertz CT molecular complexity index is 1120. The number of benzene rings is 2. The van der Waals surface area contributed by atoms with Gasteiger partial charge in [-0.1, -0.05) is 47.1 Å². The fraction of sp³-hybridized carbons (Fsp3) is 0.0952. The summed E-state index contributed by atoms with van der Waals surface area (Å²) in [6.45, 7) is 2.39. The molecule has 0 aliphatic heterocycles. The maximum absolute atomic E-state index is 13.3. The van der Waals surface area contributed by atoms with Crippen molar-refractivity contribution in [3.05, 3.63) is 89.5 Å². The average molecular weight is 376 g/mol. The number of anilines is 1. The molecule has 7 heteroatoms. The summed E-state index contributed by atoms with van der Waals surface area (Å²) >= 11 is 0. The van der Waals surface area contributed by atoms with E-state index < -0.39 is 5.91 Å². The summed E-state index contributed by atoms with van der Waals surface area (Å²) in [6, 6.07) is 17.3. The van der Waals surface area contributed by atoms with Crippen molar-refractivity contribution in [3.8, 4) is 11.3 Å². The lowest BCUT2D eigenvalue weighted by molar-refractivity contribution is 0.101. The van der Waals surface area contributed by atoms with E-state index in [0.717, 1.165) is 16.7 Å². The van der Waals surface area contributed by atoms with Crippen LogP contribution >= 0.6 is 0 Å². The zero-order chi connectivity index (χ0) is 19.5. The van der Waals surface area contributed by atoms with Crippen molar-refractivity contribution < 1.29 is 13.7 Å². The molecule has 0 atom stereocenters. The number of aryl methyl sites for hydroxylation is 1. The molecule has 0 spiro atoms. The minimum Gasteiger partial charge on any atom is -0.355 e. The first-order valence-electron chi connectivity index (χ1n) is 8.70. The number of halogens is 1. The number of rotatable bonds is 5. The predicted molar refractivity (Wildman–Crippen MR) is 102 cm³/mol. The van der Waals surface area contributed by atoms with Crippen LogP contribution in [0, 0.1) is 12.7 Å². The van der Waals surface area contributed by atoms with E-state index in [1.807, 2.05) is 37.3 Å². The van der Waals surface area contributed by atoms with Crippen LogP contribution in [0.2, 0.25) is 0 Å². The highest BCUT2D eigenvalue weighted by Gasteiger charge is 2.15. The molecule has 4 rings (SSSR count). The predicted octanol–water partition coefficient (Wildman–Crippen LogP) is 4.29. The molecule has 1 N–H and O–H groups in total. The van der Waals surface area contributed by atoms with E-state index in [4.69, 9.17) is 4.52 Å². The number of hydrogen-bond acceptors (Lipinski definition) is 4. The van der Waals surface area contributed by atoms with Crippen molar-refractivity contribution in [2.45, 2.75) is 13.5 Å². The molecule has 0 bridgehead atoms. The van der Waals surface area contributed by atoms with Gasteiger partial charge in [-0.25, -0.2) is 4.39 Å². The molecule has 0 saturated carbocycles. The smallest absolute Gasteiger partial charge is 0.279 e. The highest BCUT2D eigenvalue weighted by Crippen LogP contribution is 2.21. The molecule has 2 heterocycles. The molecule has 1 amide bonds. The van der Waals surface area contributed by atoms with Crippen molar-refractivity contribution in [2.75, 3.05) is 5.32 Å². The number of carbonyl (C=O) groups excluding carboxylic acids is 1. The number of nitrogens with one attached hydrogen (secondary N) is 1. The van der Waals surface area contributed by atoms with Crippen LogP contribution < -0.4 is 5.32 Å². The third-order valence-corrected chi connectivity index (χ3v) is 4.19. The number of amides is 1. The number of aromatic nitrogens is 3. The molecule has 28 heavy (non-hydrogen) atoms. The van der Waals surface area contributed by atoms with Gasteiger partial charge in [-0.05, 0) is 24.6 Å². The van der Waals surface area contributed by atoms with E-state index in [1.54, 1.807) is 29.1 Å². The second kappa shape index (κ2) is 7.48. The zero-order valence-corrected chi connectivity index (χ0v) is 15.1. The van der Waals surface area contributed by atoms with Crippen LogP contribution in [-0.2, 0) is 6.54 Å². The van der Waals surface area contributed by atoms with Gasteiger partial charge in [0.15, 0.2) is 17.3 Å². The van der Waals surface area contributed by atoms with E-state index in [-0.39, 0.29) is 11.5 Å². The van der Waals surface area contributed by atoms with Crippen molar-refractivity contribution in [3.63, 3.8) is 0 Å². The molecular formula is C21H17FN4O2. The van der Waals surface area contributed by atoms with Crippen molar-refractivity contribution >= 4 is 11.7 Å². The van der Waals surface area contributed by atoms with Crippen LogP contribution in [0.4, 0.5) is 10.2 Å². The van der Waals surface area contributed by atoms with Gasteiger partial charge in [-0.3, -0.25) is 9.48 Å². The van der Waals surface area contributed by atoms with E-state index >= 15 is 0 Å². The van der Waals surface area contributed by atoms with Gasteiger partial charge < -0.3 is 9.84 Å². The van der Waals surface area contributed by atoms with Crippen LogP contribution in [0.5, 0.6) is 0 Å². The maximum atomic E-state index is 13.3. The van der Waals surface area contributed by atoms with E-state index in [1.165, 1.54) is 12.1 Å². The SMILES string of the molecule is Cc1ccc(-c2cc(C(=O)Nc3ccn(Cc4cccc(F)c4)n3)no2)cc1. The van der Waals surface area contributed by atoms with Gasteiger partial charge in [-0.2, -0.15) is 5.10 Å². The van der Waals surface area contributed by atoms with E-state index in [9.17, 15) is 9.18 Å². The molecule has 0 radical (unpaired) electrons. The van der Waals surface area contributed by atoms with Gasteiger partial charge >= 0.3 is 0 Å². The summed E-state index contributed by atoms with van der Waals surface area (Å²) in [6.07, 6.45) is 1.71. The van der Waals surface area contributed by atoms with E-state index in [2.05, 4.69) is 15.6 Å². The zero-order valence-electron chi connectivity index (χ0n) is 15.1. The fourth-order valence-electron chi connectivity index (χ4n) is 2.76. The van der Waals surface area contributed by atoms with Crippen LogP contribution in [0.1, 0.15) is 21.6 Å². The lowest BCUT2D eigenvalue weighted by atomic mass is 10.1. The first-order valence-corrected chi connectivity index (χ1v) is 8.70. The summed E-state index contributed by atoms with van der Waals surface area (Å²) in [4.78, 5) is 12.4. The Balaban J connectivity index is 1.43. The Morgan fingerprint density at radius 2 is 1.96 bits per heavy atom. The molecular weight excluding hydrogens is 359 g/mol. The van der Waals surface area contributed by atoms with E-state index in [0.29, 0.717) is 18.1 Å². The molecule has 0 aliphatic rings. The lowest BCUT2D eigenvalue weighted by Crippen LogP contribution is -2.13. The van der Waals surface area contributed by atoms with Gasteiger partial charge in [0.05, 0.1) is 6.54 Å². The molecule has 0 aliphatic carbocycles. The average Bonchev–Trinajstić information content (AvgIpc) is 3.32. The van der Waals surface area contributed by atoms with Gasteiger partial charge in [-0.15, -0.1) is 0 Å². The quantitative estimate of drug-likeness (QED) is 0.564. The highest BCUT2D eigenvalue weighted by molar-refractivity contribution is 6.02. The standard InChI is InChI=1S/C21H17FN4O2/c1-14-5-7-16(8-6-14)19-12-18(25-28-19)21(27)23-20-9-10-26(24-20)13-15-3-2-4-17(22)11-15/h2-12H,13H2,1H3,(H,23,24,27). The van der Waals surface area contributed by atoms with Crippen molar-refractivity contribution in [1.82, 2.24) is 14.9 Å². The molecule has 4 aromatic rings. The summed E-state index contributed by atoms with van der Waals surface area (Å²) in [7, 11) is 0. The molecule has 0 saturated heterocycles. The molecule has 6 nitrogen and oxygen atoms in total. The van der Waals surface area contributed by atoms with Crippen LogP contribution in [0.15, 0.2) is 71.4 Å². The first-order chi connectivity index (χ1) is 13.6. The largest absolute Gasteiger partial charge is 0.355 e. The third-order valence-electron chi connectivity index (χ3n) is 4.19. The molecule has 140 valence electrons. The molecule has 2 aromatic heterocycles. The topological polar surface area (TPSA) is 73.0 Å². The van der Waals surface area contributed by atoms with Crippen molar-refractivity contribution in [2.24, 2.45) is 0 Å². The summed E-state index contributed by atoms with van der Waals surface area (Å²) in [5.74, 6) is 0.176. The number of hydrogen-bond donors (Lipinski definition) is 1. The van der Waals surface area contributed by atoms with Gasteiger partial charge in [0, 0.05) is 23.9 Å². The second-order valence-corrected chi connectivity index (χ2v) is 6.43. The monoisotopic (exact) mass is 376 g/mol. The number of carbonyl (C=O) groups is 1. The van der Waals surface area contributed by atoms with Crippen molar-refractivity contribution in [1.29, 1.82) is 0 Å². The Kier molecular flexibility index (Phi) is 4.72. The van der Waals surface area contributed by atoms with Gasteiger partial charge in [0.2, 0.25) is 0 Å². The Labute approximate surface area is 160 Å². The normalized spacial score (nSPS) is 10.8. The maximum Gasteiger partial charge on any atom is 0.279 e. The molecule has 2 aromatic carbocycles. The Hall–Kier alpha value is -3.74. The van der Waals surface area contributed by atoms with Gasteiger partial charge in [0.1, 0.15) is 5.82 Å². The van der Waals surface area contributed by atoms with Crippen LogP contribution in [0.3, 0.4) is 0 Å². The lowest BCUT2D eigenvalue weighted by Gasteiger charge is -2.02. The molecule has 0 unspecified atom stereocenters. The summed E-state index contributed by atoms with van der Waals surface area (Å²) < 4.78 is 20.2. The highest BCUT2D eigenvalue weighted by atomic mass is 19.1. The minimum atomic E-state index is -0.418. The molecule has 0 fully saturated rings. The van der Waals surface area contributed by atoms with Crippen LogP contribution in [0.25, 0.3) is 11.3 Å². The summed E-state index contributed by atoms with van der Waals surface area (Å²) in [5, 5.41) is 10.8. The second-order valence-electron chi connectivity index (χ2n) is 6.43.